The second kappa shape index (κ2) is 10.1. The Morgan fingerprint density at radius 3 is 2.13 bits per heavy atom. The Morgan fingerprint density at radius 2 is 1.46 bits per heavy atom. The van der Waals surface area contributed by atoms with Crippen LogP contribution in [-0.2, 0) is 24.0 Å². The zero-order valence-electron chi connectivity index (χ0n) is 20.8. The molecule has 0 spiro atoms. The van der Waals surface area contributed by atoms with E-state index in [0.717, 1.165) is 33.5 Å². The molecule has 3 aliphatic rings. The number of rotatable bonds is 7. The number of hydrogen-bond donors (Lipinski definition) is 1. The molecule has 1 atom stereocenters. The first kappa shape index (κ1) is 24.4. The van der Waals surface area contributed by atoms with E-state index in [1.807, 2.05) is 72.8 Å². The zero-order valence-corrected chi connectivity index (χ0v) is 20.8. The van der Waals surface area contributed by atoms with Crippen LogP contribution in [0.2, 0.25) is 0 Å². The molecule has 195 valence electrons. The first-order chi connectivity index (χ1) is 19.0. The number of nitrogens with zero attached hydrogens (tertiary/aromatic N) is 2. The molecule has 39 heavy (non-hydrogen) atoms. The van der Waals surface area contributed by atoms with Crippen LogP contribution in [0.15, 0.2) is 79.0 Å². The van der Waals surface area contributed by atoms with E-state index >= 15 is 0 Å². The van der Waals surface area contributed by atoms with E-state index in [2.05, 4.69) is 10.6 Å². The van der Waals surface area contributed by atoms with E-state index in [0.29, 0.717) is 10.6 Å². The Hall–Kier alpha value is -4.92. The van der Waals surface area contributed by atoms with Gasteiger partial charge in [0.1, 0.15) is 12.6 Å². The summed E-state index contributed by atoms with van der Waals surface area (Å²) in [6, 6.07) is 22.1. The number of benzene rings is 3. The molecule has 1 saturated heterocycles. The van der Waals surface area contributed by atoms with Crippen LogP contribution in [0.1, 0.15) is 41.9 Å². The summed E-state index contributed by atoms with van der Waals surface area (Å²) in [6.45, 7) is 0.0611. The van der Waals surface area contributed by atoms with E-state index < -0.39 is 29.9 Å². The van der Waals surface area contributed by atoms with Crippen molar-refractivity contribution < 1.29 is 28.8 Å². The van der Waals surface area contributed by atoms with Gasteiger partial charge in [0, 0.05) is 36.9 Å². The molecule has 9 nitrogen and oxygen atoms in total. The molecule has 0 bridgehead atoms. The molecule has 3 aromatic carbocycles. The monoisotopic (exact) mass is 522 g/mol. The lowest BCUT2D eigenvalue weighted by atomic mass is 9.98. The number of nitrogens with one attached hydrogen (secondary N) is 1. The van der Waals surface area contributed by atoms with Gasteiger partial charge in [-0.15, -0.1) is 5.06 Å². The molecular formula is C30H24N3O6. The van der Waals surface area contributed by atoms with Crippen LogP contribution < -0.4 is 10.6 Å². The molecule has 1 radical (unpaired) electrons. The van der Waals surface area contributed by atoms with Crippen LogP contribution in [0.3, 0.4) is 0 Å². The van der Waals surface area contributed by atoms with Gasteiger partial charge < -0.3 is 14.9 Å². The van der Waals surface area contributed by atoms with E-state index in [9.17, 15) is 19.2 Å². The molecule has 6 rings (SSSR count). The average molecular weight is 523 g/mol. The van der Waals surface area contributed by atoms with Crippen molar-refractivity contribution in [2.24, 2.45) is 0 Å². The molecular weight excluding hydrogens is 498 g/mol. The SMILES string of the molecule is O=C(NC(CC1=C[N]c2ccccc21)C(=O)ON1C(=O)CCC1=O)OCC1c2ccccc2-c2ccccc21. The highest BCUT2D eigenvalue weighted by atomic mass is 16.7. The minimum atomic E-state index is -1.23. The Labute approximate surface area is 224 Å². The van der Waals surface area contributed by atoms with Gasteiger partial charge in [0.2, 0.25) is 0 Å². The van der Waals surface area contributed by atoms with Gasteiger partial charge in [0.05, 0.1) is 5.69 Å². The summed E-state index contributed by atoms with van der Waals surface area (Å²) in [6.07, 6.45) is 0.764. The van der Waals surface area contributed by atoms with E-state index in [-0.39, 0.29) is 31.8 Å². The van der Waals surface area contributed by atoms with Crippen molar-refractivity contribution in [3.05, 3.63) is 95.7 Å². The summed E-state index contributed by atoms with van der Waals surface area (Å²) >= 11 is 0. The molecule has 1 fully saturated rings. The quantitative estimate of drug-likeness (QED) is 0.466. The van der Waals surface area contributed by atoms with Crippen molar-refractivity contribution in [1.82, 2.24) is 15.7 Å². The first-order valence-electron chi connectivity index (χ1n) is 12.7. The van der Waals surface area contributed by atoms with Crippen LogP contribution in [-0.4, -0.2) is 41.6 Å². The summed E-state index contributed by atoms with van der Waals surface area (Å²) in [5, 5.41) is 7.41. The molecule has 3 amide bonds. The fourth-order valence-electron chi connectivity index (χ4n) is 5.24. The van der Waals surface area contributed by atoms with Crippen molar-refractivity contribution in [3.63, 3.8) is 0 Å². The average Bonchev–Trinajstić information content (AvgIpc) is 3.61. The third kappa shape index (κ3) is 4.63. The summed E-state index contributed by atoms with van der Waals surface area (Å²) in [5.41, 5.74) is 6.57. The number of imide groups is 1. The third-order valence-corrected chi connectivity index (χ3v) is 7.14. The van der Waals surface area contributed by atoms with E-state index in [4.69, 9.17) is 9.57 Å². The maximum atomic E-state index is 13.1. The molecule has 0 aromatic heterocycles. The lowest BCUT2D eigenvalue weighted by Crippen LogP contribution is -2.45. The maximum absolute atomic E-state index is 13.1. The van der Waals surface area contributed by atoms with Crippen LogP contribution in [0.4, 0.5) is 10.5 Å². The lowest BCUT2D eigenvalue weighted by Gasteiger charge is -2.21. The summed E-state index contributed by atoms with van der Waals surface area (Å²) < 4.78 is 5.62. The molecule has 3 aromatic rings. The van der Waals surface area contributed by atoms with Crippen molar-refractivity contribution in [2.45, 2.75) is 31.2 Å². The maximum Gasteiger partial charge on any atom is 0.407 e. The fraction of sp³-hybridized carbons (Fsp3) is 0.200. The number of hydrogen-bond acceptors (Lipinski definition) is 6. The number of carbonyl (C=O) groups is 4. The van der Waals surface area contributed by atoms with Gasteiger partial charge in [-0.1, -0.05) is 66.7 Å². The molecule has 9 heteroatoms. The Morgan fingerprint density at radius 1 is 0.872 bits per heavy atom. The zero-order chi connectivity index (χ0) is 26.9. The van der Waals surface area contributed by atoms with Crippen molar-refractivity contribution in [1.29, 1.82) is 0 Å². The van der Waals surface area contributed by atoms with E-state index in [1.165, 1.54) is 0 Å². The van der Waals surface area contributed by atoms with Gasteiger partial charge in [-0.05, 0) is 33.9 Å². The highest BCUT2D eigenvalue weighted by Crippen LogP contribution is 2.44. The van der Waals surface area contributed by atoms with Crippen LogP contribution in [0.5, 0.6) is 0 Å². The number of para-hydroxylation sites is 1. The molecule has 1 unspecified atom stereocenters. The number of carbonyl (C=O) groups excluding carboxylic acids is 4. The second-order valence-electron chi connectivity index (χ2n) is 9.52. The van der Waals surface area contributed by atoms with Crippen molar-refractivity contribution in [2.75, 3.05) is 6.61 Å². The number of fused-ring (bicyclic) bond motifs is 4. The van der Waals surface area contributed by atoms with Gasteiger partial charge >= 0.3 is 12.1 Å². The topological polar surface area (TPSA) is 116 Å². The summed E-state index contributed by atoms with van der Waals surface area (Å²) in [7, 11) is 0. The number of ether oxygens (including phenoxy) is 1. The van der Waals surface area contributed by atoms with Crippen molar-refractivity contribution in [3.8, 4) is 11.1 Å². The smallest absolute Gasteiger partial charge is 0.407 e. The molecule has 2 heterocycles. The van der Waals surface area contributed by atoms with Gasteiger partial charge in [-0.25, -0.2) is 9.59 Å². The molecule has 1 aliphatic carbocycles. The number of amides is 3. The van der Waals surface area contributed by atoms with Gasteiger partial charge in [-0.3, -0.25) is 14.9 Å². The van der Waals surface area contributed by atoms with Gasteiger partial charge in [0.15, 0.2) is 0 Å². The summed E-state index contributed by atoms with van der Waals surface area (Å²) in [4.78, 5) is 55.3. The fourth-order valence-corrected chi connectivity index (χ4v) is 5.24. The van der Waals surface area contributed by atoms with Crippen LogP contribution in [0, 0.1) is 0 Å². The Bertz CT molecular complexity index is 1470. The molecule has 1 N–H and O–H groups in total. The normalized spacial score (nSPS) is 16.1. The van der Waals surface area contributed by atoms with Crippen LogP contribution in [0.25, 0.3) is 16.7 Å². The second-order valence-corrected chi connectivity index (χ2v) is 9.52. The Balaban J connectivity index is 1.18. The molecule has 0 saturated carbocycles. The lowest BCUT2D eigenvalue weighted by molar-refractivity contribution is -0.198. The highest BCUT2D eigenvalue weighted by molar-refractivity contribution is 6.02. The standard InChI is InChI=1S/C30H24N3O6/c34-27-13-14-28(35)33(27)39-29(36)26(15-18-16-31-25-12-6-5-7-19(18)25)32-30(37)38-17-24-22-10-3-1-8-20(22)21-9-2-4-11-23(21)24/h1-12,16,24,26H,13-15,17H2,(H,32,37). The first-order valence-corrected chi connectivity index (χ1v) is 12.7. The third-order valence-electron chi connectivity index (χ3n) is 7.14. The minimum absolute atomic E-state index is 0.0275. The van der Waals surface area contributed by atoms with Gasteiger partial charge in [-0.2, -0.15) is 0 Å². The summed E-state index contributed by atoms with van der Waals surface area (Å²) in [5.74, 6) is -2.31. The van der Waals surface area contributed by atoms with Crippen molar-refractivity contribution >= 4 is 35.1 Å². The largest absolute Gasteiger partial charge is 0.449 e. The number of hydroxylamine groups is 2. The predicted octanol–water partition coefficient (Wildman–Crippen LogP) is 4.18. The number of alkyl carbamates (subject to hydrolysis) is 1. The molecule has 2 aliphatic heterocycles. The van der Waals surface area contributed by atoms with Crippen LogP contribution >= 0.6 is 0 Å². The predicted molar refractivity (Wildman–Crippen MR) is 140 cm³/mol. The van der Waals surface area contributed by atoms with E-state index in [1.54, 1.807) is 6.20 Å². The highest BCUT2D eigenvalue weighted by Gasteiger charge is 2.37. The Kier molecular flexibility index (Phi) is 6.32. The van der Waals surface area contributed by atoms with Gasteiger partial charge in [0.25, 0.3) is 11.8 Å². The minimum Gasteiger partial charge on any atom is -0.449 e.